The maximum atomic E-state index is 5.91. The first kappa shape index (κ1) is 18.7. The topological polar surface area (TPSA) is 77.8 Å². The molecule has 3 aromatic heterocycles. The molecule has 0 bridgehead atoms. The number of nitrogens with one attached hydrogen (secondary N) is 1. The number of hydrogen-bond donors (Lipinski definition) is 1. The summed E-state index contributed by atoms with van der Waals surface area (Å²) in [5, 5.41) is 4.34. The largest absolute Gasteiger partial charge is 0.379 e. The first-order valence-corrected chi connectivity index (χ1v) is 10.3. The maximum Gasteiger partial charge on any atom is 0.222 e. The van der Waals surface area contributed by atoms with Gasteiger partial charge >= 0.3 is 0 Å². The van der Waals surface area contributed by atoms with Crippen LogP contribution >= 0.6 is 0 Å². The summed E-state index contributed by atoms with van der Waals surface area (Å²) < 4.78 is 8.13. The van der Waals surface area contributed by atoms with E-state index in [0.717, 1.165) is 36.5 Å². The van der Waals surface area contributed by atoms with Crippen LogP contribution in [0.3, 0.4) is 0 Å². The highest BCUT2D eigenvalue weighted by atomic mass is 16.5. The van der Waals surface area contributed by atoms with Gasteiger partial charge in [0.25, 0.3) is 0 Å². The Morgan fingerprint density at radius 1 is 1.03 bits per heavy atom. The molecule has 1 N–H and O–H groups in total. The Hall–Kier alpha value is -3.32. The van der Waals surface area contributed by atoms with E-state index >= 15 is 0 Å². The molecule has 7 heteroatoms. The van der Waals surface area contributed by atoms with Crippen molar-refractivity contribution in [2.24, 2.45) is 5.92 Å². The van der Waals surface area contributed by atoms with E-state index in [4.69, 9.17) is 4.74 Å². The summed E-state index contributed by atoms with van der Waals surface area (Å²) in [6.45, 7) is 4.22. The maximum absolute atomic E-state index is 5.91. The van der Waals surface area contributed by atoms with Gasteiger partial charge in [-0.2, -0.15) is 0 Å². The van der Waals surface area contributed by atoms with Crippen LogP contribution in [0.1, 0.15) is 18.5 Å². The van der Waals surface area contributed by atoms with Crippen LogP contribution in [0.2, 0.25) is 0 Å². The number of hydrogen-bond acceptors (Lipinski definition) is 6. The summed E-state index contributed by atoms with van der Waals surface area (Å²) in [6, 6.07) is 10.6. The van der Waals surface area contributed by atoms with Gasteiger partial charge in [0.15, 0.2) is 0 Å². The zero-order valence-corrected chi connectivity index (χ0v) is 16.9. The van der Waals surface area contributed by atoms with Crippen LogP contribution in [0.5, 0.6) is 0 Å². The molecule has 0 amide bonds. The van der Waals surface area contributed by atoms with Crippen molar-refractivity contribution in [3.63, 3.8) is 0 Å². The quantitative estimate of drug-likeness (QED) is 0.531. The van der Waals surface area contributed by atoms with Crippen LogP contribution in [0.25, 0.3) is 22.3 Å². The third-order valence-corrected chi connectivity index (χ3v) is 5.66. The number of ether oxygens (including phenoxy) is 1. The highest BCUT2D eigenvalue weighted by Crippen LogP contribution is 2.33. The molecular weight excluding hydrogens is 376 g/mol. The third kappa shape index (κ3) is 3.52. The van der Waals surface area contributed by atoms with Crippen LogP contribution in [-0.2, 0) is 11.2 Å². The lowest BCUT2D eigenvalue weighted by molar-refractivity contribution is 0.181. The Kier molecular flexibility index (Phi) is 5.11. The van der Waals surface area contributed by atoms with Gasteiger partial charge in [0, 0.05) is 48.8 Å². The number of para-hydroxylation sites is 1. The van der Waals surface area contributed by atoms with E-state index in [1.165, 1.54) is 10.9 Å². The van der Waals surface area contributed by atoms with Gasteiger partial charge in [-0.3, -0.25) is 4.98 Å². The number of benzene rings is 1. The lowest BCUT2D eigenvalue weighted by atomic mass is 9.93. The molecular formula is C23H24N6O. The number of rotatable bonds is 6. The molecule has 4 aromatic rings. The van der Waals surface area contributed by atoms with E-state index in [1.54, 1.807) is 0 Å². The second-order valence-electron chi connectivity index (χ2n) is 7.54. The Morgan fingerprint density at radius 3 is 2.77 bits per heavy atom. The van der Waals surface area contributed by atoms with Crippen molar-refractivity contribution in [1.82, 2.24) is 24.5 Å². The smallest absolute Gasteiger partial charge is 0.222 e. The third-order valence-electron chi connectivity index (χ3n) is 5.66. The molecule has 4 heterocycles. The Balaban J connectivity index is 1.43. The van der Waals surface area contributed by atoms with Gasteiger partial charge in [0.2, 0.25) is 5.95 Å². The van der Waals surface area contributed by atoms with Gasteiger partial charge < -0.3 is 14.6 Å². The summed E-state index contributed by atoms with van der Waals surface area (Å²) in [4.78, 5) is 17.9. The fourth-order valence-electron chi connectivity index (χ4n) is 4.20. The van der Waals surface area contributed by atoms with E-state index in [-0.39, 0.29) is 6.04 Å². The average molecular weight is 400 g/mol. The van der Waals surface area contributed by atoms with Crippen molar-refractivity contribution in [2.45, 2.75) is 19.4 Å². The molecule has 1 aliphatic heterocycles. The molecule has 1 aliphatic rings. The van der Waals surface area contributed by atoms with E-state index in [2.05, 4.69) is 54.1 Å². The van der Waals surface area contributed by atoms with Gasteiger partial charge in [-0.15, -0.1) is 0 Å². The van der Waals surface area contributed by atoms with Crippen molar-refractivity contribution in [1.29, 1.82) is 0 Å². The van der Waals surface area contributed by atoms with Gasteiger partial charge in [0.1, 0.15) is 5.82 Å². The summed E-state index contributed by atoms with van der Waals surface area (Å²) in [5.74, 6) is 1.86. The molecule has 0 saturated carbocycles. The summed E-state index contributed by atoms with van der Waals surface area (Å²) >= 11 is 0. The minimum absolute atomic E-state index is 0.211. The average Bonchev–Trinajstić information content (AvgIpc) is 3.44. The van der Waals surface area contributed by atoms with E-state index < -0.39 is 0 Å². The number of anilines is 1. The van der Waals surface area contributed by atoms with Crippen molar-refractivity contribution in [2.75, 3.05) is 25.1 Å². The molecule has 152 valence electrons. The van der Waals surface area contributed by atoms with Crippen LogP contribution in [0, 0.1) is 5.92 Å². The summed E-state index contributed by atoms with van der Waals surface area (Å²) in [6.07, 6.45) is 10.3. The first-order chi connectivity index (χ1) is 14.8. The predicted octanol–water partition coefficient (Wildman–Crippen LogP) is 3.75. The molecule has 0 spiro atoms. The van der Waals surface area contributed by atoms with Crippen molar-refractivity contribution in [3.8, 4) is 11.4 Å². The van der Waals surface area contributed by atoms with Crippen molar-refractivity contribution in [3.05, 3.63) is 66.9 Å². The SMILES string of the molecule is CCNc1ncc(-c2nccn2[C@@H]2COC[C@H]2Cc2ccnc3ccccc23)cn1. The highest BCUT2D eigenvalue weighted by Gasteiger charge is 2.31. The highest BCUT2D eigenvalue weighted by molar-refractivity contribution is 5.81. The van der Waals surface area contributed by atoms with Crippen LogP contribution in [-0.4, -0.2) is 44.3 Å². The van der Waals surface area contributed by atoms with Crippen molar-refractivity contribution >= 4 is 16.9 Å². The normalized spacial score (nSPS) is 18.7. The number of pyridine rings is 1. The molecule has 5 rings (SSSR count). The summed E-state index contributed by atoms with van der Waals surface area (Å²) in [7, 11) is 0. The molecule has 0 aliphatic carbocycles. The minimum Gasteiger partial charge on any atom is -0.379 e. The van der Waals surface area contributed by atoms with Gasteiger partial charge in [0.05, 0.1) is 30.3 Å². The van der Waals surface area contributed by atoms with Crippen LogP contribution in [0.15, 0.2) is 61.3 Å². The van der Waals surface area contributed by atoms with E-state index in [1.807, 2.05) is 44.0 Å². The first-order valence-electron chi connectivity index (χ1n) is 10.3. The minimum atomic E-state index is 0.211. The molecule has 1 aromatic carbocycles. The Labute approximate surface area is 175 Å². The molecule has 30 heavy (non-hydrogen) atoms. The standard InChI is InChI=1S/C23H24N6O/c1-2-24-23-27-12-18(13-28-23)22-26-9-10-29(22)21-15-30-14-17(21)11-16-7-8-25-20-6-4-3-5-19(16)20/h3-10,12-13,17,21H,2,11,14-15H2,1H3,(H,24,27,28)/t17-,21-/m1/s1. The Bertz CT molecular complexity index is 1130. The zero-order chi connectivity index (χ0) is 20.3. The van der Waals surface area contributed by atoms with Crippen molar-refractivity contribution < 1.29 is 4.74 Å². The second-order valence-corrected chi connectivity index (χ2v) is 7.54. The molecule has 0 unspecified atom stereocenters. The fraction of sp³-hybridized carbons (Fsp3) is 0.304. The number of nitrogens with zero attached hydrogens (tertiary/aromatic N) is 5. The van der Waals surface area contributed by atoms with Crippen LogP contribution in [0.4, 0.5) is 5.95 Å². The van der Waals surface area contributed by atoms with Gasteiger partial charge in [-0.25, -0.2) is 15.0 Å². The molecule has 7 nitrogen and oxygen atoms in total. The van der Waals surface area contributed by atoms with E-state index in [9.17, 15) is 0 Å². The monoisotopic (exact) mass is 400 g/mol. The van der Waals surface area contributed by atoms with Gasteiger partial charge in [-0.1, -0.05) is 18.2 Å². The zero-order valence-electron chi connectivity index (χ0n) is 16.9. The van der Waals surface area contributed by atoms with Gasteiger partial charge in [-0.05, 0) is 31.0 Å². The Morgan fingerprint density at radius 2 is 1.90 bits per heavy atom. The number of fused-ring (bicyclic) bond motifs is 1. The number of imidazole rings is 1. The fourth-order valence-corrected chi connectivity index (χ4v) is 4.20. The molecule has 1 fully saturated rings. The predicted molar refractivity (Wildman–Crippen MR) is 116 cm³/mol. The molecule has 1 saturated heterocycles. The second kappa shape index (κ2) is 8.20. The van der Waals surface area contributed by atoms with E-state index in [0.29, 0.717) is 18.5 Å². The molecule has 2 atom stereocenters. The van der Waals surface area contributed by atoms with Crippen LogP contribution < -0.4 is 5.32 Å². The summed E-state index contributed by atoms with van der Waals surface area (Å²) in [5.41, 5.74) is 3.24. The number of aromatic nitrogens is 5. The lowest BCUT2D eigenvalue weighted by Gasteiger charge is -2.21. The lowest BCUT2D eigenvalue weighted by Crippen LogP contribution is -2.20. The molecule has 0 radical (unpaired) electrons.